The minimum absolute atomic E-state index is 0.176. The van der Waals surface area contributed by atoms with Gasteiger partial charge in [0.15, 0.2) is 0 Å². The van der Waals surface area contributed by atoms with E-state index in [0.29, 0.717) is 36.2 Å². The molecule has 152 valence electrons. The lowest BCUT2D eigenvalue weighted by Crippen LogP contribution is -2.40. The van der Waals surface area contributed by atoms with Crippen molar-refractivity contribution in [2.24, 2.45) is 23.7 Å². The lowest BCUT2D eigenvalue weighted by molar-refractivity contribution is -0.131. The first-order chi connectivity index (χ1) is 13.6. The number of piperidine rings is 1. The van der Waals surface area contributed by atoms with Gasteiger partial charge in [-0.05, 0) is 55.6 Å². The fourth-order valence-electron chi connectivity index (χ4n) is 4.87. The number of likely N-dealkylation sites (tertiary alicyclic amines) is 2. The van der Waals surface area contributed by atoms with E-state index in [2.05, 4.69) is 4.90 Å². The summed E-state index contributed by atoms with van der Waals surface area (Å²) in [5, 5.41) is 0. The van der Waals surface area contributed by atoms with Crippen molar-refractivity contribution in [3.63, 3.8) is 0 Å². The Hall–Kier alpha value is -2.04. The van der Waals surface area contributed by atoms with Crippen molar-refractivity contribution in [2.75, 3.05) is 32.8 Å². The minimum Gasteiger partial charge on any atom is -0.493 e. The van der Waals surface area contributed by atoms with E-state index < -0.39 is 0 Å². The van der Waals surface area contributed by atoms with E-state index in [4.69, 9.17) is 4.74 Å². The molecule has 0 N–H and O–H groups in total. The Bertz CT molecular complexity index is 680. The second-order valence-corrected chi connectivity index (χ2v) is 8.84. The molecule has 1 aliphatic carbocycles. The first kappa shape index (κ1) is 19.3. The van der Waals surface area contributed by atoms with Gasteiger partial charge in [-0.15, -0.1) is 0 Å². The maximum absolute atomic E-state index is 12.7. The molecule has 0 radical (unpaired) electrons. The average molecular weight is 385 g/mol. The lowest BCUT2D eigenvalue weighted by Gasteiger charge is -2.36. The number of nitrogens with zero attached hydrogens (tertiary/aromatic N) is 2. The normalized spacial score (nSPS) is 25.8. The molecule has 5 nitrogen and oxygen atoms in total. The van der Waals surface area contributed by atoms with Crippen LogP contribution in [0.1, 0.15) is 39.0 Å². The molecule has 2 atom stereocenters. The molecule has 0 aromatic heterocycles. The molecule has 0 bridgehead atoms. The van der Waals surface area contributed by atoms with Crippen LogP contribution in [0.4, 0.5) is 0 Å². The Morgan fingerprint density at radius 3 is 2.36 bits per heavy atom. The van der Waals surface area contributed by atoms with E-state index in [9.17, 15) is 9.59 Å². The standard InChI is InChI=1S/C23H32N2O3/c1-17(26)24-11-9-19(10-12-24)22-15-25(23(27)13-18-7-8-18)14-20(22)16-28-21-5-3-2-4-6-21/h2-6,18-20,22H,7-16H2,1H3. The summed E-state index contributed by atoms with van der Waals surface area (Å²) in [5.41, 5.74) is 0. The molecule has 1 saturated carbocycles. The molecular weight excluding hydrogens is 352 g/mol. The van der Waals surface area contributed by atoms with Crippen LogP contribution in [0.3, 0.4) is 0 Å². The van der Waals surface area contributed by atoms with E-state index in [0.717, 1.165) is 51.2 Å². The van der Waals surface area contributed by atoms with Crippen LogP contribution in [0, 0.1) is 23.7 Å². The summed E-state index contributed by atoms with van der Waals surface area (Å²) in [6.45, 7) is 5.69. The highest BCUT2D eigenvalue weighted by atomic mass is 16.5. The van der Waals surface area contributed by atoms with Gasteiger partial charge < -0.3 is 14.5 Å². The molecule has 5 heteroatoms. The lowest BCUT2D eigenvalue weighted by atomic mass is 9.78. The van der Waals surface area contributed by atoms with E-state index in [1.807, 2.05) is 35.2 Å². The third kappa shape index (κ3) is 4.68. The van der Waals surface area contributed by atoms with Gasteiger partial charge in [-0.1, -0.05) is 18.2 Å². The third-order valence-electron chi connectivity index (χ3n) is 6.80. The summed E-state index contributed by atoms with van der Waals surface area (Å²) in [5.74, 6) is 3.45. The zero-order chi connectivity index (χ0) is 19.5. The van der Waals surface area contributed by atoms with Crippen molar-refractivity contribution < 1.29 is 14.3 Å². The first-order valence-electron chi connectivity index (χ1n) is 10.8. The van der Waals surface area contributed by atoms with Gasteiger partial charge in [-0.3, -0.25) is 9.59 Å². The number of ether oxygens (including phenoxy) is 1. The highest BCUT2D eigenvalue weighted by molar-refractivity contribution is 5.77. The number of hydrogen-bond donors (Lipinski definition) is 0. The van der Waals surface area contributed by atoms with E-state index >= 15 is 0 Å². The first-order valence-corrected chi connectivity index (χ1v) is 10.8. The van der Waals surface area contributed by atoms with Crippen molar-refractivity contribution in [1.82, 2.24) is 9.80 Å². The van der Waals surface area contributed by atoms with Gasteiger partial charge in [-0.25, -0.2) is 0 Å². The van der Waals surface area contributed by atoms with Crippen molar-refractivity contribution in [3.8, 4) is 5.75 Å². The molecule has 2 unspecified atom stereocenters. The molecule has 3 aliphatic rings. The smallest absolute Gasteiger partial charge is 0.222 e. The molecule has 2 saturated heterocycles. The Balaban J connectivity index is 1.39. The number of hydrogen-bond acceptors (Lipinski definition) is 3. The predicted molar refractivity (Wildman–Crippen MR) is 108 cm³/mol. The van der Waals surface area contributed by atoms with Crippen molar-refractivity contribution in [1.29, 1.82) is 0 Å². The number of amides is 2. The zero-order valence-corrected chi connectivity index (χ0v) is 16.9. The van der Waals surface area contributed by atoms with E-state index in [-0.39, 0.29) is 5.91 Å². The van der Waals surface area contributed by atoms with Gasteiger partial charge in [0, 0.05) is 45.4 Å². The molecule has 4 rings (SSSR count). The van der Waals surface area contributed by atoms with Crippen molar-refractivity contribution in [2.45, 2.75) is 39.0 Å². The quantitative estimate of drug-likeness (QED) is 0.757. The SMILES string of the molecule is CC(=O)N1CCC(C2CN(C(=O)CC3CC3)CC2COc2ccccc2)CC1. The molecule has 2 amide bonds. The summed E-state index contributed by atoms with van der Waals surface area (Å²) >= 11 is 0. The maximum Gasteiger partial charge on any atom is 0.222 e. The number of para-hydroxylation sites is 1. The molecule has 1 aromatic carbocycles. The van der Waals surface area contributed by atoms with Crippen LogP contribution in [0.5, 0.6) is 5.75 Å². The summed E-state index contributed by atoms with van der Waals surface area (Å²) < 4.78 is 6.09. The van der Waals surface area contributed by atoms with Crippen LogP contribution >= 0.6 is 0 Å². The van der Waals surface area contributed by atoms with E-state index in [1.54, 1.807) is 6.92 Å². The topological polar surface area (TPSA) is 49.9 Å². The molecule has 28 heavy (non-hydrogen) atoms. The molecule has 0 spiro atoms. The Morgan fingerprint density at radius 1 is 1.00 bits per heavy atom. The van der Waals surface area contributed by atoms with E-state index in [1.165, 1.54) is 12.8 Å². The van der Waals surface area contributed by atoms with Gasteiger partial charge in [0.05, 0.1) is 6.61 Å². The zero-order valence-electron chi connectivity index (χ0n) is 16.9. The predicted octanol–water partition coefficient (Wildman–Crippen LogP) is 3.20. The Kier molecular flexibility index (Phi) is 5.88. The average Bonchev–Trinajstić information content (AvgIpc) is 3.42. The van der Waals surface area contributed by atoms with Gasteiger partial charge in [0.25, 0.3) is 0 Å². The molecule has 2 heterocycles. The van der Waals surface area contributed by atoms with Crippen LogP contribution in [-0.2, 0) is 9.59 Å². The van der Waals surface area contributed by atoms with Gasteiger partial charge in [0.2, 0.25) is 11.8 Å². The largest absolute Gasteiger partial charge is 0.493 e. The number of rotatable bonds is 6. The maximum atomic E-state index is 12.7. The van der Waals surface area contributed by atoms with Crippen molar-refractivity contribution >= 4 is 11.8 Å². The summed E-state index contributed by atoms with van der Waals surface area (Å²) in [6.07, 6.45) is 5.23. The monoisotopic (exact) mass is 384 g/mol. The van der Waals surface area contributed by atoms with Gasteiger partial charge in [-0.2, -0.15) is 0 Å². The highest BCUT2D eigenvalue weighted by Gasteiger charge is 2.41. The van der Waals surface area contributed by atoms with Crippen LogP contribution in [0.25, 0.3) is 0 Å². The summed E-state index contributed by atoms with van der Waals surface area (Å²) in [6, 6.07) is 9.96. The second kappa shape index (κ2) is 8.54. The fraction of sp³-hybridized carbons (Fsp3) is 0.652. The Labute approximate surface area is 168 Å². The fourth-order valence-corrected chi connectivity index (χ4v) is 4.87. The molecule has 1 aromatic rings. The summed E-state index contributed by atoms with van der Waals surface area (Å²) in [7, 11) is 0. The van der Waals surface area contributed by atoms with Gasteiger partial charge in [0.1, 0.15) is 5.75 Å². The van der Waals surface area contributed by atoms with Crippen molar-refractivity contribution in [3.05, 3.63) is 30.3 Å². The highest BCUT2D eigenvalue weighted by Crippen LogP contribution is 2.38. The minimum atomic E-state index is 0.176. The second-order valence-electron chi connectivity index (χ2n) is 8.84. The van der Waals surface area contributed by atoms with Crippen LogP contribution in [0.2, 0.25) is 0 Å². The summed E-state index contributed by atoms with van der Waals surface area (Å²) in [4.78, 5) is 28.4. The molecular formula is C23H32N2O3. The Morgan fingerprint density at radius 2 is 1.71 bits per heavy atom. The number of carbonyl (C=O) groups excluding carboxylic acids is 2. The number of carbonyl (C=O) groups is 2. The third-order valence-corrected chi connectivity index (χ3v) is 6.80. The van der Waals surface area contributed by atoms with Crippen LogP contribution in [-0.4, -0.2) is 54.4 Å². The van der Waals surface area contributed by atoms with Gasteiger partial charge >= 0.3 is 0 Å². The molecule has 2 aliphatic heterocycles. The number of benzene rings is 1. The van der Waals surface area contributed by atoms with Crippen LogP contribution < -0.4 is 4.74 Å². The molecule has 3 fully saturated rings. The van der Waals surface area contributed by atoms with Crippen LogP contribution in [0.15, 0.2) is 30.3 Å².